The summed E-state index contributed by atoms with van der Waals surface area (Å²) in [6, 6.07) is 13.4. The minimum Gasteiger partial charge on any atom is -0.467 e. The molecule has 126 valence electrons. The molecule has 0 unspecified atom stereocenters. The smallest absolute Gasteiger partial charge is 0.169 e. The molecule has 4 rings (SSSR count). The minimum atomic E-state index is 0.657. The van der Waals surface area contributed by atoms with Gasteiger partial charge in [0.15, 0.2) is 5.11 Å². The standard InChI is InChI=1S/C19H23N3OS/c24-19(20-14-18-6-3-11-23-18)22-9-7-21(8-10-22)17-12-15-4-1-2-5-16(15)13-17/h1-6,11,17H,7-10,12-14H2,(H,20,24). The molecule has 1 fully saturated rings. The van der Waals surface area contributed by atoms with E-state index in [1.54, 1.807) is 6.26 Å². The van der Waals surface area contributed by atoms with E-state index in [0.29, 0.717) is 12.6 Å². The average molecular weight is 341 g/mol. The first-order valence-electron chi connectivity index (χ1n) is 8.65. The van der Waals surface area contributed by atoms with Crippen LogP contribution in [0.15, 0.2) is 47.1 Å². The Bertz CT molecular complexity index is 667. The van der Waals surface area contributed by atoms with Crippen molar-refractivity contribution in [2.45, 2.75) is 25.4 Å². The van der Waals surface area contributed by atoms with Crippen molar-refractivity contribution in [2.75, 3.05) is 26.2 Å². The summed E-state index contributed by atoms with van der Waals surface area (Å²) in [4.78, 5) is 4.91. The molecule has 2 aromatic rings. The second kappa shape index (κ2) is 6.95. The molecule has 1 aliphatic carbocycles. The van der Waals surface area contributed by atoms with Crippen LogP contribution in [0.1, 0.15) is 16.9 Å². The Labute approximate surface area is 148 Å². The number of thiocarbonyl (C=S) groups is 1. The molecule has 5 heteroatoms. The summed E-state index contributed by atoms with van der Waals surface area (Å²) in [5.74, 6) is 0.916. The summed E-state index contributed by atoms with van der Waals surface area (Å²) >= 11 is 5.53. The molecule has 1 saturated heterocycles. The van der Waals surface area contributed by atoms with Crippen molar-refractivity contribution in [2.24, 2.45) is 0 Å². The van der Waals surface area contributed by atoms with Crippen LogP contribution in [0.2, 0.25) is 0 Å². The summed E-state index contributed by atoms with van der Waals surface area (Å²) < 4.78 is 5.34. The van der Waals surface area contributed by atoms with Crippen LogP contribution in [0.5, 0.6) is 0 Å². The van der Waals surface area contributed by atoms with Gasteiger partial charge < -0.3 is 14.6 Å². The number of fused-ring (bicyclic) bond motifs is 1. The molecule has 0 bridgehead atoms. The molecule has 0 spiro atoms. The van der Waals surface area contributed by atoms with Crippen molar-refractivity contribution >= 4 is 17.3 Å². The van der Waals surface area contributed by atoms with Gasteiger partial charge in [-0.25, -0.2) is 0 Å². The van der Waals surface area contributed by atoms with Crippen LogP contribution >= 0.6 is 12.2 Å². The van der Waals surface area contributed by atoms with Crippen molar-refractivity contribution < 1.29 is 4.42 Å². The molecule has 24 heavy (non-hydrogen) atoms. The molecule has 0 saturated carbocycles. The lowest BCUT2D eigenvalue weighted by atomic mass is 10.1. The maximum atomic E-state index is 5.53. The highest BCUT2D eigenvalue weighted by Crippen LogP contribution is 2.26. The SMILES string of the molecule is S=C(NCc1ccco1)N1CCN(C2Cc3ccccc3C2)CC1. The largest absolute Gasteiger partial charge is 0.467 e. The van der Waals surface area contributed by atoms with Gasteiger partial charge in [-0.15, -0.1) is 0 Å². The lowest BCUT2D eigenvalue weighted by Crippen LogP contribution is -2.54. The maximum Gasteiger partial charge on any atom is 0.169 e. The van der Waals surface area contributed by atoms with Crippen LogP contribution in [-0.2, 0) is 19.4 Å². The lowest BCUT2D eigenvalue weighted by Gasteiger charge is -2.39. The molecule has 1 aliphatic heterocycles. The molecule has 4 nitrogen and oxygen atoms in total. The molecule has 0 amide bonds. The van der Waals surface area contributed by atoms with Crippen LogP contribution < -0.4 is 5.32 Å². The highest BCUT2D eigenvalue weighted by Gasteiger charge is 2.29. The molecule has 1 N–H and O–H groups in total. The van der Waals surface area contributed by atoms with E-state index in [1.807, 2.05) is 12.1 Å². The van der Waals surface area contributed by atoms with E-state index < -0.39 is 0 Å². The second-order valence-electron chi connectivity index (χ2n) is 6.59. The van der Waals surface area contributed by atoms with E-state index in [4.69, 9.17) is 16.6 Å². The molecule has 1 aromatic heterocycles. The van der Waals surface area contributed by atoms with Gasteiger partial charge in [0.1, 0.15) is 5.76 Å². The number of nitrogens with zero attached hydrogens (tertiary/aromatic N) is 2. The number of hydrogen-bond acceptors (Lipinski definition) is 3. The zero-order valence-corrected chi connectivity index (χ0v) is 14.6. The number of benzene rings is 1. The molecule has 0 radical (unpaired) electrons. The highest BCUT2D eigenvalue weighted by atomic mass is 32.1. The van der Waals surface area contributed by atoms with E-state index in [-0.39, 0.29) is 0 Å². The molecule has 2 aliphatic rings. The van der Waals surface area contributed by atoms with Crippen molar-refractivity contribution in [1.29, 1.82) is 0 Å². The van der Waals surface area contributed by atoms with Gasteiger partial charge in [-0.05, 0) is 48.3 Å². The first kappa shape index (κ1) is 15.7. The van der Waals surface area contributed by atoms with E-state index >= 15 is 0 Å². The first-order valence-corrected chi connectivity index (χ1v) is 9.06. The Morgan fingerprint density at radius 2 is 1.75 bits per heavy atom. The van der Waals surface area contributed by atoms with Gasteiger partial charge in [0.2, 0.25) is 0 Å². The summed E-state index contributed by atoms with van der Waals surface area (Å²) in [5.41, 5.74) is 3.06. The van der Waals surface area contributed by atoms with Gasteiger partial charge in [-0.2, -0.15) is 0 Å². The number of piperazine rings is 1. The third-order valence-corrected chi connectivity index (χ3v) is 5.54. The fourth-order valence-corrected chi connectivity index (χ4v) is 4.03. The van der Waals surface area contributed by atoms with Gasteiger partial charge in [-0.1, -0.05) is 24.3 Å². The fraction of sp³-hybridized carbons (Fsp3) is 0.421. The molecular weight excluding hydrogens is 318 g/mol. The Kier molecular flexibility index (Phi) is 4.54. The average Bonchev–Trinajstić information content (AvgIpc) is 3.29. The van der Waals surface area contributed by atoms with Crippen LogP contribution in [0.4, 0.5) is 0 Å². The lowest BCUT2D eigenvalue weighted by molar-refractivity contribution is 0.135. The third kappa shape index (κ3) is 3.32. The molecule has 0 atom stereocenters. The predicted molar refractivity (Wildman–Crippen MR) is 98.9 cm³/mol. The third-order valence-electron chi connectivity index (χ3n) is 5.14. The van der Waals surface area contributed by atoms with Gasteiger partial charge in [-0.3, -0.25) is 4.90 Å². The van der Waals surface area contributed by atoms with Crippen molar-refractivity contribution in [3.63, 3.8) is 0 Å². The van der Waals surface area contributed by atoms with Crippen molar-refractivity contribution in [3.8, 4) is 0 Å². The Morgan fingerprint density at radius 3 is 2.38 bits per heavy atom. The van der Waals surface area contributed by atoms with E-state index in [9.17, 15) is 0 Å². The van der Waals surface area contributed by atoms with Gasteiger partial charge in [0, 0.05) is 32.2 Å². The molecule has 2 heterocycles. The molecule has 1 aromatic carbocycles. The first-order chi connectivity index (χ1) is 11.8. The normalized spacial score (nSPS) is 18.6. The van der Waals surface area contributed by atoms with Crippen LogP contribution in [0.25, 0.3) is 0 Å². The number of rotatable bonds is 3. The summed E-state index contributed by atoms with van der Waals surface area (Å²) in [6.07, 6.45) is 4.08. The van der Waals surface area contributed by atoms with Crippen molar-refractivity contribution in [3.05, 3.63) is 59.5 Å². The summed E-state index contributed by atoms with van der Waals surface area (Å²) in [6.45, 7) is 4.82. The van der Waals surface area contributed by atoms with Crippen LogP contribution in [0.3, 0.4) is 0 Å². The predicted octanol–water partition coefficient (Wildman–Crippen LogP) is 2.44. The van der Waals surface area contributed by atoms with Gasteiger partial charge in [0.25, 0.3) is 0 Å². The zero-order valence-electron chi connectivity index (χ0n) is 13.8. The molecular formula is C19H23N3OS. The number of hydrogen-bond donors (Lipinski definition) is 1. The summed E-state index contributed by atoms with van der Waals surface area (Å²) in [7, 11) is 0. The van der Waals surface area contributed by atoms with Crippen LogP contribution in [0, 0.1) is 0 Å². The quantitative estimate of drug-likeness (QED) is 0.867. The van der Waals surface area contributed by atoms with Crippen LogP contribution in [-0.4, -0.2) is 47.1 Å². The number of furan rings is 1. The fourth-order valence-electron chi connectivity index (χ4n) is 3.77. The maximum absolute atomic E-state index is 5.53. The monoisotopic (exact) mass is 341 g/mol. The zero-order chi connectivity index (χ0) is 16.4. The number of nitrogens with one attached hydrogen (secondary N) is 1. The highest BCUT2D eigenvalue weighted by molar-refractivity contribution is 7.80. The second-order valence-corrected chi connectivity index (χ2v) is 6.98. The van der Waals surface area contributed by atoms with Gasteiger partial charge in [0.05, 0.1) is 12.8 Å². The Hall–Kier alpha value is -1.85. The van der Waals surface area contributed by atoms with E-state index in [2.05, 4.69) is 39.4 Å². The van der Waals surface area contributed by atoms with Crippen molar-refractivity contribution in [1.82, 2.24) is 15.1 Å². The Morgan fingerprint density at radius 1 is 1.04 bits per heavy atom. The van der Waals surface area contributed by atoms with Gasteiger partial charge >= 0.3 is 0 Å². The van der Waals surface area contributed by atoms with E-state index in [1.165, 1.54) is 24.0 Å². The van der Waals surface area contributed by atoms with E-state index in [0.717, 1.165) is 37.1 Å². The summed E-state index contributed by atoms with van der Waals surface area (Å²) in [5, 5.41) is 4.13. The topological polar surface area (TPSA) is 31.7 Å². The Balaban J connectivity index is 1.26. The minimum absolute atomic E-state index is 0.657.